The van der Waals surface area contributed by atoms with E-state index in [2.05, 4.69) is 13.0 Å². The van der Waals surface area contributed by atoms with Gasteiger partial charge < -0.3 is 14.7 Å². The van der Waals surface area contributed by atoms with Crippen LogP contribution in [0, 0.1) is 0 Å². The maximum absolute atomic E-state index is 12.8. The lowest BCUT2D eigenvalue weighted by Crippen LogP contribution is -2.52. The Kier molecular flexibility index (Phi) is 9.46. The van der Waals surface area contributed by atoms with Gasteiger partial charge in [0.25, 0.3) is 0 Å². The molecule has 0 aliphatic carbocycles. The number of carbonyl (C=O) groups is 1. The molecule has 0 radical (unpaired) electrons. The minimum atomic E-state index is -1.18. The molecule has 0 bridgehead atoms. The van der Waals surface area contributed by atoms with Gasteiger partial charge in [-0.3, -0.25) is 0 Å². The summed E-state index contributed by atoms with van der Waals surface area (Å²) in [7, 11) is 1.63. The maximum Gasteiger partial charge on any atom is 0.334 e. The average Bonchev–Trinajstić information content (AvgIpc) is 2.78. The lowest BCUT2D eigenvalue weighted by molar-refractivity contribution is -0.143. The van der Waals surface area contributed by atoms with Crippen molar-refractivity contribution in [1.29, 1.82) is 0 Å². The van der Waals surface area contributed by atoms with Crippen LogP contribution in [-0.4, -0.2) is 24.7 Å². The molecule has 0 fully saturated rings. The third-order valence-electron chi connectivity index (χ3n) is 5.57. The Morgan fingerprint density at radius 2 is 1.70 bits per heavy atom. The lowest BCUT2D eigenvalue weighted by Gasteiger charge is -2.42. The number of hydrogen-bond acceptors (Lipinski definition) is 3. The highest BCUT2D eigenvalue weighted by molar-refractivity contribution is 5.86. The first-order valence-corrected chi connectivity index (χ1v) is 11.0. The Bertz CT molecular complexity index is 786. The Labute approximate surface area is 181 Å². The standard InChI is InChI=1S/C26H35NO3/c1-4-6-7-8-9-10-14-21-26(25(28)29,22-15-12-11-13-16-22)27(5-2)23-17-19-24(30-3)20-18-23/h10-20H,4-9,21H2,1-3H3,(H,28,29)/b14-10-/t26-/m0/s1. The molecule has 0 spiro atoms. The highest BCUT2D eigenvalue weighted by atomic mass is 16.5. The fraction of sp³-hybridized carbons (Fsp3) is 0.423. The summed E-state index contributed by atoms with van der Waals surface area (Å²) in [5.74, 6) is -0.0931. The maximum atomic E-state index is 12.8. The number of methoxy groups -OCH3 is 1. The molecule has 1 atom stereocenters. The van der Waals surface area contributed by atoms with Crippen molar-refractivity contribution >= 4 is 11.7 Å². The van der Waals surface area contributed by atoms with E-state index in [9.17, 15) is 9.90 Å². The van der Waals surface area contributed by atoms with Crippen molar-refractivity contribution in [2.24, 2.45) is 0 Å². The number of rotatable bonds is 13. The third-order valence-corrected chi connectivity index (χ3v) is 5.57. The van der Waals surface area contributed by atoms with E-state index in [-0.39, 0.29) is 0 Å². The molecule has 4 nitrogen and oxygen atoms in total. The first-order valence-electron chi connectivity index (χ1n) is 11.0. The largest absolute Gasteiger partial charge is 0.497 e. The number of benzene rings is 2. The summed E-state index contributed by atoms with van der Waals surface area (Å²) in [6, 6.07) is 17.2. The smallest absolute Gasteiger partial charge is 0.334 e. The molecular weight excluding hydrogens is 374 g/mol. The number of allylic oxidation sites excluding steroid dienone is 1. The quantitative estimate of drug-likeness (QED) is 0.306. The second kappa shape index (κ2) is 12.1. The number of hydrogen-bond donors (Lipinski definition) is 1. The van der Waals surface area contributed by atoms with Crippen LogP contribution in [0.3, 0.4) is 0 Å². The van der Waals surface area contributed by atoms with E-state index in [0.29, 0.717) is 13.0 Å². The van der Waals surface area contributed by atoms with Gasteiger partial charge in [0.05, 0.1) is 7.11 Å². The summed E-state index contributed by atoms with van der Waals surface area (Å²) in [6.07, 6.45) is 10.4. The van der Waals surface area contributed by atoms with E-state index in [1.54, 1.807) is 7.11 Å². The van der Waals surface area contributed by atoms with Crippen LogP contribution in [0.2, 0.25) is 0 Å². The zero-order valence-electron chi connectivity index (χ0n) is 18.5. The number of aliphatic carboxylic acids is 1. The van der Waals surface area contributed by atoms with Gasteiger partial charge in [-0.15, -0.1) is 0 Å². The zero-order valence-corrected chi connectivity index (χ0v) is 18.5. The normalized spacial score (nSPS) is 13.2. The van der Waals surface area contributed by atoms with Crippen molar-refractivity contribution in [2.45, 2.75) is 57.9 Å². The van der Waals surface area contributed by atoms with Crippen LogP contribution in [0.15, 0.2) is 66.7 Å². The molecule has 30 heavy (non-hydrogen) atoms. The van der Waals surface area contributed by atoms with Crippen molar-refractivity contribution in [2.75, 3.05) is 18.6 Å². The monoisotopic (exact) mass is 409 g/mol. The number of carboxylic acid groups (broad SMARTS) is 1. The Morgan fingerprint density at radius 1 is 1.00 bits per heavy atom. The molecule has 0 saturated heterocycles. The Balaban J connectivity index is 2.40. The summed E-state index contributed by atoms with van der Waals surface area (Å²) in [5.41, 5.74) is 0.469. The van der Waals surface area contributed by atoms with Gasteiger partial charge in [-0.25, -0.2) is 4.79 Å². The van der Waals surface area contributed by atoms with E-state index in [4.69, 9.17) is 4.74 Å². The van der Waals surface area contributed by atoms with E-state index in [1.165, 1.54) is 19.3 Å². The molecule has 1 N–H and O–H groups in total. The Morgan fingerprint density at radius 3 is 2.27 bits per heavy atom. The fourth-order valence-corrected chi connectivity index (χ4v) is 3.92. The average molecular weight is 410 g/mol. The molecule has 2 aromatic carbocycles. The minimum Gasteiger partial charge on any atom is -0.497 e. The molecule has 2 aromatic rings. The van der Waals surface area contributed by atoms with Crippen molar-refractivity contribution < 1.29 is 14.6 Å². The van der Waals surface area contributed by atoms with Crippen LogP contribution < -0.4 is 9.64 Å². The summed E-state index contributed by atoms with van der Waals surface area (Å²) in [6.45, 7) is 4.77. The van der Waals surface area contributed by atoms with E-state index < -0.39 is 11.5 Å². The molecule has 2 rings (SSSR count). The lowest BCUT2D eigenvalue weighted by atomic mass is 9.83. The number of anilines is 1. The molecular formula is C26H35NO3. The number of carboxylic acids is 1. The van der Waals surface area contributed by atoms with Crippen molar-refractivity contribution in [3.05, 3.63) is 72.3 Å². The van der Waals surface area contributed by atoms with Crippen LogP contribution in [0.1, 0.15) is 57.9 Å². The van der Waals surface area contributed by atoms with Gasteiger partial charge in [-0.05, 0) is 49.6 Å². The van der Waals surface area contributed by atoms with Crippen LogP contribution in [-0.2, 0) is 10.3 Å². The van der Waals surface area contributed by atoms with Gasteiger partial charge in [0.2, 0.25) is 0 Å². The molecule has 4 heteroatoms. The zero-order chi connectivity index (χ0) is 21.8. The number of ether oxygens (including phenoxy) is 1. The first-order chi connectivity index (χ1) is 14.6. The van der Waals surface area contributed by atoms with Gasteiger partial charge in [0.1, 0.15) is 5.75 Å². The highest BCUT2D eigenvalue weighted by Crippen LogP contribution is 2.37. The minimum absolute atomic E-state index is 0.403. The van der Waals surface area contributed by atoms with E-state index in [0.717, 1.165) is 29.8 Å². The van der Waals surface area contributed by atoms with Crippen LogP contribution in [0.5, 0.6) is 5.75 Å². The summed E-state index contributed by atoms with van der Waals surface area (Å²) in [5, 5.41) is 10.5. The van der Waals surface area contributed by atoms with Crippen LogP contribution in [0.4, 0.5) is 5.69 Å². The van der Waals surface area contributed by atoms with Crippen molar-refractivity contribution in [1.82, 2.24) is 0 Å². The predicted octanol–water partition coefficient (Wildman–Crippen LogP) is 6.42. The SMILES string of the molecule is CCCCCC/C=C\C[C@@](C(=O)O)(c1ccccc1)N(CC)c1ccc(OC)cc1. The number of unbranched alkanes of at least 4 members (excludes halogenated alkanes) is 4. The van der Waals surface area contributed by atoms with Gasteiger partial charge >= 0.3 is 5.97 Å². The fourth-order valence-electron chi connectivity index (χ4n) is 3.92. The summed E-state index contributed by atoms with van der Waals surface area (Å²) < 4.78 is 5.27. The van der Waals surface area contributed by atoms with Gasteiger partial charge in [-0.1, -0.05) is 68.7 Å². The second-order valence-electron chi connectivity index (χ2n) is 7.50. The number of nitrogens with zero attached hydrogens (tertiary/aromatic N) is 1. The van der Waals surface area contributed by atoms with Crippen molar-refractivity contribution in [3.8, 4) is 5.75 Å². The Hall–Kier alpha value is -2.75. The molecule has 0 unspecified atom stereocenters. The molecule has 0 heterocycles. The molecule has 0 aromatic heterocycles. The van der Waals surface area contributed by atoms with Gasteiger partial charge in [-0.2, -0.15) is 0 Å². The molecule has 0 aliphatic heterocycles. The van der Waals surface area contributed by atoms with E-state index >= 15 is 0 Å². The summed E-state index contributed by atoms with van der Waals surface area (Å²) >= 11 is 0. The molecule has 0 aliphatic rings. The molecule has 0 saturated carbocycles. The predicted molar refractivity (Wildman–Crippen MR) is 124 cm³/mol. The van der Waals surface area contributed by atoms with Gasteiger partial charge in [0, 0.05) is 18.7 Å². The molecule has 162 valence electrons. The van der Waals surface area contributed by atoms with E-state index in [1.807, 2.05) is 72.5 Å². The topological polar surface area (TPSA) is 49.8 Å². The summed E-state index contributed by atoms with van der Waals surface area (Å²) in [4.78, 5) is 14.8. The molecule has 0 amide bonds. The van der Waals surface area contributed by atoms with Gasteiger partial charge in [0.15, 0.2) is 5.54 Å². The highest BCUT2D eigenvalue weighted by Gasteiger charge is 2.44. The van der Waals surface area contributed by atoms with Crippen LogP contribution in [0.25, 0.3) is 0 Å². The second-order valence-corrected chi connectivity index (χ2v) is 7.50. The first kappa shape index (κ1) is 23.5. The van der Waals surface area contributed by atoms with Crippen molar-refractivity contribution in [3.63, 3.8) is 0 Å². The number of likely N-dealkylation sites (N-methyl/N-ethyl adjacent to an activating group) is 1. The van der Waals surface area contributed by atoms with Crippen LogP contribution >= 0.6 is 0 Å². The third kappa shape index (κ3) is 5.65.